The minimum atomic E-state index is -0.554. The van der Waals surface area contributed by atoms with Crippen molar-refractivity contribution >= 4 is 27.5 Å². The average molecular weight is 338 g/mol. The minimum Gasteiger partial charge on any atom is -0.406 e. The predicted octanol–water partition coefficient (Wildman–Crippen LogP) is 2.79. The van der Waals surface area contributed by atoms with E-state index in [4.69, 9.17) is 4.42 Å². The van der Waals surface area contributed by atoms with Gasteiger partial charge in [-0.2, -0.15) is 0 Å². The van der Waals surface area contributed by atoms with Crippen LogP contribution in [0.5, 0.6) is 0 Å². The van der Waals surface area contributed by atoms with E-state index in [-0.39, 0.29) is 5.89 Å². The Bertz CT molecular complexity index is 1010. The fourth-order valence-electron chi connectivity index (χ4n) is 2.16. The maximum Gasteiger partial charge on any atom is 0.348 e. The summed E-state index contributed by atoms with van der Waals surface area (Å²) in [5.41, 5.74) is 1.15. The summed E-state index contributed by atoms with van der Waals surface area (Å²) in [5.74, 6) is 4.99. The zero-order valence-corrected chi connectivity index (χ0v) is 13.9. The SMILES string of the molecule is Cc1csc2nc([C@H](C)NC(=O)C#Cc3ccccc3)oc(=O)c12. The zero-order valence-electron chi connectivity index (χ0n) is 13.1. The summed E-state index contributed by atoms with van der Waals surface area (Å²) in [4.78, 5) is 28.9. The van der Waals surface area contributed by atoms with Gasteiger partial charge >= 0.3 is 5.63 Å². The summed E-state index contributed by atoms with van der Waals surface area (Å²) in [7, 11) is 0. The first-order valence-corrected chi connectivity index (χ1v) is 8.19. The lowest BCUT2D eigenvalue weighted by atomic mass is 10.2. The van der Waals surface area contributed by atoms with Crippen LogP contribution in [0.15, 0.2) is 44.9 Å². The molecule has 0 radical (unpaired) electrons. The number of amides is 1. The summed E-state index contributed by atoms with van der Waals surface area (Å²) >= 11 is 1.37. The highest BCUT2D eigenvalue weighted by molar-refractivity contribution is 7.16. The first kappa shape index (κ1) is 16.0. The van der Waals surface area contributed by atoms with Crippen molar-refractivity contribution in [3.63, 3.8) is 0 Å². The van der Waals surface area contributed by atoms with Crippen LogP contribution in [-0.4, -0.2) is 10.9 Å². The van der Waals surface area contributed by atoms with Crippen LogP contribution in [-0.2, 0) is 4.79 Å². The molecule has 24 heavy (non-hydrogen) atoms. The van der Waals surface area contributed by atoms with Crippen LogP contribution in [0.3, 0.4) is 0 Å². The quantitative estimate of drug-likeness (QED) is 0.729. The van der Waals surface area contributed by atoms with E-state index >= 15 is 0 Å². The third kappa shape index (κ3) is 3.36. The first-order valence-electron chi connectivity index (χ1n) is 7.31. The van der Waals surface area contributed by atoms with Crippen molar-refractivity contribution in [2.45, 2.75) is 19.9 Å². The van der Waals surface area contributed by atoms with E-state index in [2.05, 4.69) is 22.1 Å². The number of benzene rings is 1. The summed E-state index contributed by atoms with van der Waals surface area (Å²) < 4.78 is 5.23. The van der Waals surface area contributed by atoms with E-state index < -0.39 is 17.6 Å². The van der Waals surface area contributed by atoms with E-state index in [9.17, 15) is 9.59 Å². The number of rotatable bonds is 2. The van der Waals surface area contributed by atoms with E-state index in [0.717, 1.165) is 11.1 Å². The monoisotopic (exact) mass is 338 g/mol. The second-order valence-electron chi connectivity index (χ2n) is 5.25. The molecule has 0 unspecified atom stereocenters. The van der Waals surface area contributed by atoms with Crippen molar-refractivity contribution in [1.29, 1.82) is 0 Å². The zero-order chi connectivity index (χ0) is 17.1. The molecule has 0 bridgehead atoms. The molecule has 3 aromatic rings. The van der Waals surface area contributed by atoms with Gasteiger partial charge < -0.3 is 9.73 Å². The minimum absolute atomic E-state index is 0.171. The van der Waals surface area contributed by atoms with Crippen LogP contribution >= 0.6 is 11.3 Å². The molecule has 2 aromatic heterocycles. The number of nitrogens with one attached hydrogen (secondary N) is 1. The number of fused-ring (bicyclic) bond motifs is 1. The van der Waals surface area contributed by atoms with Gasteiger partial charge in [0.15, 0.2) is 0 Å². The van der Waals surface area contributed by atoms with Gasteiger partial charge in [-0.3, -0.25) is 4.79 Å². The van der Waals surface area contributed by atoms with Crippen LogP contribution in [0.4, 0.5) is 0 Å². The predicted molar refractivity (Wildman–Crippen MR) is 92.8 cm³/mol. The number of thiophene rings is 1. The number of nitrogens with zero attached hydrogens (tertiary/aromatic N) is 1. The molecule has 0 spiro atoms. The molecule has 0 saturated carbocycles. The molecule has 0 aliphatic heterocycles. The lowest BCUT2D eigenvalue weighted by Crippen LogP contribution is -2.26. The molecule has 0 fully saturated rings. The molecule has 1 aromatic carbocycles. The van der Waals surface area contributed by atoms with Gasteiger partial charge in [-0.1, -0.05) is 24.1 Å². The molecule has 1 N–H and O–H groups in total. The Labute approximate surface area is 142 Å². The Morgan fingerprint density at radius 3 is 2.83 bits per heavy atom. The van der Waals surface area contributed by atoms with Crippen molar-refractivity contribution in [3.05, 3.63) is 63.1 Å². The maximum absolute atomic E-state index is 12.0. The highest BCUT2D eigenvalue weighted by Gasteiger charge is 2.16. The van der Waals surface area contributed by atoms with Crippen LogP contribution in [0.25, 0.3) is 10.2 Å². The molecule has 3 rings (SSSR count). The summed E-state index contributed by atoms with van der Waals surface area (Å²) in [6.07, 6.45) is 0. The Kier molecular flexibility index (Phi) is 4.45. The molecule has 2 heterocycles. The smallest absolute Gasteiger partial charge is 0.348 e. The van der Waals surface area contributed by atoms with Gasteiger partial charge in [0, 0.05) is 11.5 Å². The van der Waals surface area contributed by atoms with Crippen molar-refractivity contribution in [1.82, 2.24) is 10.3 Å². The second-order valence-corrected chi connectivity index (χ2v) is 6.11. The third-order valence-electron chi connectivity index (χ3n) is 3.38. The number of carbonyl (C=O) groups is 1. The number of aromatic nitrogens is 1. The first-order chi connectivity index (χ1) is 11.5. The topological polar surface area (TPSA) is 72.2 Å². The van der Waals surface area contributed by atoms with Crippen molar-refractivity contribution in [2.24, 2.45) is 0 Å². The molecule has 1 amide bonds. The molecule has 120 valence electrons. The highest BCUT2D eigenvalue weighted by Crippen LogP contribution is 2.22. The molecule has 0 saturated heterocycles. The summed E-state index contributed by atoms with van der Waals surface area (Å²) in [5, 5.41) is 5.01. The summed E-state index contributed by atoms with van der Waals surface area (Å²) in [6.45, 7) is 3.53. The Balaban J connectivity index is 1.78. The fraction of sp³-hybridized carbons (Fsp3) is 0.167. The lowest BCUT2D eigenvalue weighted by molar-refractivity contribution is -0.116. The van der Waals surface area contributed by atoms with Gasteiger partial charge in [0.1, 0.15) is 10.9 Å². The normalized spacial score (nSPS) is 11.6. The van der Waals surface area contributed by atoms with Crippen LogP contribution in [0.2, 0.25) is 0 Å². The Hall–Kier alpha value is -2.91. The second kappa shape index (κ2) is 6.69. The lowest BCUT2D eigenvalue weighted by Gasteiger charge is -2.09. The standard InChI is InChI=1S/C18H14N2O3S/c1-11-10-24-17-15(11)18(22)23-16(20-17)12(2)19-14(21)9-8-13-6-4-3-5-7-13/h3-7,10,12H,1-2H3,(H,19,21)/t12-/m0/s1. The molecule has 1 atom stereocenters. The van der Waals surface area contributed by atoms with Crippen molar-refractivity contribution in [3.8, 4) is 11.8 Å². The van der Waals surface area contributed by atoms with Crippen molar-refractivity contribution in [2.75, 3.05) is 0 Å². The molecule has 6 heteroatoms. The van der Waals surface area contributed by atoms with E-state index in [1.807, 2.05) is 42.6 Å². The van der Waals surface area contributed by atoms with E-state index in [0.29, 0.717) is 10.2 Å². The Morgan fingerprint density at radius 1 is 1.33 bits per heavy atom. The van der Waals surface area contributed by atoms with Gasteiger partial charge in [-0.15, -0.1) is 11.3 Å². The van der Waals surface area contributed by atoms with Gasteiger partial charge in [0.25, 0.3) is 5.91 Å². The largest absolute Gasteiger partial charge is 0.406 e. The third-order valence-corrected chi connectivity index (χ3v) is 4.37. The van der Waals surface area contributed by atoms with E-state index in [1.165, 1.54) is 11.3 Å². The Morgan fingerprint density at radius 2 is 2.08 bits per heavy atom. The molecule has 5 nitrogen and oxygen atoms in total. The number of carbonyl (C=O) groups excluding carboxylic acids is 1. The number of aryl methyl sites for hydroxylation is 1. The van der Waals surface area contributed by atoms with Gasteiger partial charge in [-0.25, -0.2) is 9.78 Å². The highest BCUT2D eigenvalue weighted by atomic mass is 32.1. The fourth-order valence-corrected chi connectivity index (χ4v) is 3.07. The van der Waals surface area contributed by atoms with Crippen LogP contribution < -0.4 is 10.9 Å². The van der Waals surface area contributed by atoms with Gasteiger partial charge in [0.2, 0.25) is 5.89 Å². The average Bonchev–Trinajstić information content (AvgIpc) is 2.95. The molecule has 0 aliphatic rings. The van der Waals surface area contributed by atoms with Crippen LogP contribution in [0.1, 0.15) is 30.0 Å². The molecular weight excluding hydrogens is 324 g/mol. The number of hydrogen-bond acceptors (Lipinski definition) is 5. The van der Waals surface area contributed by atoms with Crippen molar-refractivity contribution < 1.29 is 9.21 Å². The summed E-state index contributed by atoms with van der Waals surface area (Å²) in [6, 6.07) is 8.66. The maximum atomic E-state index is 12.0. The van der Waals surface area contributed by atoms with Gasteiger partial charge in [0.05, 0.1) is 5.39 Å². The number of hydrogen-bond donors (Lipinski definition) is 1. The van der Waals surface area contributed by atoms with Gasteiger partial charge in [-0.05, 0) is 36.9 Å². The van der Waals surface area contributed by atoms with E-state index in [1.54, 1.807) is 6.92 Å². The molecular formula is C18H14N2O3S. The molecule has 0 aliphatic carbocycles. The van der Waals surface area contributed by atoms with Crippen LogP contribution in [0, 0.1) is 18.8 Å².